The third-order valence-corrected chi connectivity index (χ3v) is 4.88. The van der Waals surface area contributed by atoms with Gasteiger partial charge < -0.3 is 15.4 Å². The van der Waals surface area contributed by atoms with Crippen LogP contribution in [0, 0.1) is 0 Å². The van der Waals surface area contributed by atoms with Crippen molar-refractivity contribution in [3.8, 4) is 0 Å². The smallest absolute Gasteiger partial charge is 0.191 e. The number of thioether (sulfide) groups is 1. The molecule has 130 valence electrons. The number of hydrogen-bond acceptors (Lipinski definition) is 3. The van der Waals surface area contributed by atoms with E-state index in [4.69, 9.17) is 4.74 Å². The first-order valence-electron chi connectivity index (χ1n) is 8.16. The average molecular weight is 338 g/mol. The largest absolute Gasteiger partial charge is 0.377 e. The summed E-state index contributed by atoms with van der Waals surface area (Å²) in [7, 11) is 1.80. The van der Waals surface area contributed by atoms with Crippen molar-refractivity contribution < 1.29 is 4.74 Å². The van der Waals surface area contributed by atoms with Crippen molar-refractivity contribution in [3.05, 3.63) is 35.4 Å². The first-order valence-corrected chi connectivity index (χ1v) is 9.39. The summed E-state index contributed by atoms with van der Waals surface area (Å²) in [6.07, 6.45) is 3.17. The summed E-state index contributed by atoms with van der Waals surface area (Å²) >= 11 is 1.85. The first kappa shape index (κ1) is 19.8. The monoisotopic (exact) mass is 337 g/mol. The van der Waals surface area contributed by atoms with Crippen LogP contribution in [0.25, 0.3) is 0 Å². The van der Waals surface area contributed by atoms with Gasteiger partial charge in [0.25, 0.3) is 0 Å². The van der Waals surface area contributed by atoms with Gasteiger partial charge in [0.2, 0.25) is 0 Å². The highest BCUT2D eigenvalue weighted by Gasteiger charge is 2.16. The van der Waals surface area contributed by atoms with Gasteiger partial charge in [0.05, 0.1) is 6.61 Å². The van der Waals surface area contributed by atoms with Crippen molar-refractivity contribution in [1.29, 1.82) is 0 Å². The van der Waals surface area contributed by atoms with E-state index in [2.05, 4.69) is 66.9 Å². The second kappa shape index (κ2) is 10.6. The van der Waals surface area contributed by atoms with Crippen molar-refractivity contribution in [1.82, 2.24) is 10.6 Å². The second-order valence-electron chi connectivity index (χ2n) is 6.06. The van der Waals surface area contributed by atoms with Gasteiger partial charge in [-0.3, -0.25) is 4.99 Å². The lowest BCUT2D eigenvalue weighted by molar-refractivity contribution is 0.121. The maximum atomic E-state index is 5.67. The zero-order valence-corrected chi connectivity index (χ0v) is 15.9. The Bertz CT molecular complexity index is 489. The molecule has 1 aromatic rings. The van der Waals surface area contributed by atoms with Crippen molar-refractivity contribution >= 4 is 17.7 Å². The van der Waals surface area contributed by atoms with Gasteiger partial charge >= 0.3 is 0 Å². The van der Waals surface area contributed by atoms with Crippen LogP contribution in [0.5, 0.6) is 0 Å². The number of nitrogens with zero attached hydrogens (tertiary/aromatic N) is 1. The summed E-state index contributed by atoms with van der Waals surface area (Å²) < 4.78 is 5.86. The minimum absolute atomic E-state index is 0.184. The fourth-order valence-corrected chi connectivity index (χ4v) is 2.18. The molecular formula is C18H31N3OS. The Morgan fingerprint density at radius 3 is 2.52 bits per heavy atom. The van der Waals surface area contributed by atoms with E-state index >= 15 is 0 Å². The van der Waals surface area contributed by atoms with E-state index in [9.17, 15) is 0 Å². The van der Waals surface area contributed by atoms with Crippen LogP contribution in [0.2, 0.25) is 0 Å². The molecule has 0 saturated heterocycles. The van der Waals surface area contributed by atoms with E-state index in [0.29, 0.717) is 6.61 Å². The van der Waals surface area contributed by atoms with Crippen LogP contribution >= 0.6 is 11.8 Å². The number of benzene rings is 1. The van der Waals surface area contributed by atoms with Crippen LogP contribution in [0.15, 0.2) is 29.3 Å². The number of nitrogens with one attached hydrogen (secondary N) is 2. The summed E-state index contributed by atoms with van der Waals surface area (Å²) in [5.74, 6) is 0.830. The fourth-order valence-electron chi connectivity index (χ4n) is 1.97. The van der Waals surface area contributed by atoms with Crippen LogP contribution < -0.4 is 10.6 Å². The molecule has 0 amide bonds. The Kier molecular flexibility index (Phi) is 9.10. The van der Waals surface area contributed by atoms with Crippen LogP contribution in [0.3, 0.4) is 0 Å². The summed E-state index contributed by atoms with van der Waals surface area (Å²) in [5.41, 5.74) is 2.48. The van der Waals surface area contributed by atoms with E-state index in [1.165, 1.54) is 11.1 Å². The van der Waals surface area contributed by atoms with Gasteiger partial charge in [-0.25, -0.2) is 0 Å². The molecule has 0 heterocycles. The number of rotatable bonds is 9. The molecule has 0 aliphatic rings. The molecule has 0 bridgehead atoms. The van der Waals surface area contributed by atoms with Crippen molar-refractivity contribution in [2.24, 2.45) is 4.99 Å². The SMILES string of the molecule is CCCOCc1ccccc1CNC(=NC)NCC(C)(C)SC. The number of aliphatic imine (C=N–C) groups is 1. The maximum Gasteiger partial charge on any atom is 0.191 e. The molecule has 0 aliphatic carbocycles. The molecule has 2 N–H and O–H groups in total. The molecular weight excluding hydrogens is 306 g/mol. The number of ether oxygens (including phenoxy) is 1. The van der Waals surface area contributed by atoms with E-state index in [1.807, 2.05) is 11.8 Å². The average Bonchev–Trinajstić information content (AvgIpc) is 2.56. The molecule has 23 heavy (non-hydrogen) atoms. The second-order valence-corrected chi connectivity index (χ2v) is 7.58. The molecule has 0 spiro atoms. The van der Waals surface area contributed by atoms with Crippen LogP contribution in [0.1, 0.15) is 38.3 Å². The van der Waals surface area contributed by atoms with Gasteiger partial charge in [0, 0.05) is 31.5 Å². The number of guanidine groups is 1. The third-order valence-electron chi connectivity index (χ3n) is 3.63. The van der Waals surface area contributed by atoms with Crippen LogP contribution in [-0.2, 0) is 17.9 Å². The van der Waals surface area contributed by atoms with Gasteiger partial charge in [0.15, 0.2) is 5.96 Å². The summed E-state index contributed by atoms with van der Waals surface area (Å²) in [6.45, 7) is 9.64. The molecule has 1 aromatic carbocycles. The quantitative estimate of drug-likeness (QED) is 0.412. The van der Waals surface area contributed by atoms with Crippen molar-refractivity contribution in [3.63, 3.8) is 0 Å². The molecule has 0 atom stereocenters. The lowest BCUT2D eigenvalue weighted by Crippen LogP contribution is -2.43. The Morgan fingerprint density at radius 1 is 1.22 bits per heavy atom. The lowest BCUT2D eigenvalue weighted by Gasteiger charge is -2.24. The Balaban J connectivity index is 2.55. The van der Waals surface area contributed by atoms with Crippen molar-refractivity contribution in [2.75, 3.05) is 26.5 Å². The standard InChI is InChI=1S/C18H31N3OS/c1-6-11-22-13-16-10-8-7-9-15(16)12-20-17(19-4)21-14-18(2,3)23-5/h7-10H,6,11-14H2,1-5H3,(H2,19,20,21). The number of hydrogen-bond donors (Lipinski definition) is 2. The summed E-state index contributed by atoms with van der Waals surface area (Å²) in [6, 6.07) is 8.38. The highest BCUT2D eigenvalue weighted by molar-refractivity contribution is 7.99. The van der Waals surface area contributed by atoms with Gasteiger partial charge in [-0.1, -0.05) is 31.2 Å². The Labute approximate surface area is 145 Å². The zero-order valence-electron chi connectivity index (χ0n) is 15.1. The lowest BCUT2D eigenvalue weighted by atomic mass is 10.1. The van der Waals surface area contributed by atoms with Gasteiger partial charge in [0.1, 0.15) is 0 Å². The molecule has 0 saturated carbocycles. The summed E-state index contributed by atoms with van der Waals surface area (Å²) in [5, 5.41) is 6.78. The van der Waals surface area contributed by atoms with Crippen LogP contribution in [-0.4, -0.2) is 37.2 Å². The third kappa shape index (κ3) is 7.75. The minimum atomic E-state index is 0.184. The molecule has 0 fully saturated rings. The Morgan fingerprint density at radius 2 is 1.91 bits per heavy atom. The molecule has 0 radical (unpaired) electrons. The molecule has 0 aliphatic heterocycles. The topological polar surface area (TPSA) is 45.6 Å². The predicted octanol–water partition coefficient (Wildman–Crippen LogP) is 3.42. The highest BCUT2D eigenvalue weighted by atomic mass is 32.2. The normalized spacial score (nSPS) is 12.3. The van der Waals surface area contributed by atoms with E-state index < -0.39 is 0 Å². The van der Waals surface area contributed by atoms with E-state index in [-0.39, 0.29) is 4.75 Å². The van der Waals surface area contributed by atoms with E-state index in [0.717, 1.165) is 32.1 Å². The predicted molar refractivity (Wildman–Crippen MR) is 102 cm³/mol. The van der Waals surface area contributed by atoms with Crippen LogP contribution in [0.4, 0.5) is 0 Å². The highest BCUT2D eigenvalue weighted by Crippen LogP contribution is 2.19. The van der Waals surface area contributed by atoms with Gasteiger partial charge in [-0.05, 0) is 37.7 Å². The minimum Gasteiger partial charge on any atom is -0.377 e. The molecule has 1 rings (SSSR count). The van der Waals surface area contributed by atoms with Gasteiger partial charge in [-0.2, -0.15) is 11.8 Å². The fraction of sp³-hybridized carbons (Fsp3) is 0.611. The summed E-state index contributed by atoms with van der Waals surface area (Å²) in [4.78, 5) is 4.30. The molecule has 0 unspecified atom stereocenters. The molecule has 4 nitrogen and oxygen atoms in total. The maximum absolute atomic E-state index is 5.67. The van der Waals surface area contributed by atoms with Gasteiger partial charge in [-0.15, -0.1) is 0 Å². The zero-order chi connectivity index (χ0) is 17.1. The first-order chi connectivity index (χ1) is 11.0. The molecule has 5 heteroatoms. The van der Waals surface area contributed by atoms with E-state index in [1.54, 1.807) is 7.05 Å². The van der Waals surface area contributed by atoms with Crippen molar-refractivity contribution in [2.45, 2.75) is 45.1 Å². The molecule has 0 aromatic heterocycles. The Hall–Kier alpha value is -1.20.